The van der Waals surface area contributed by atoms with Gasteiger partial charge in [0.15, 0.2) is 0 Å². The summed E-state index contributed by atoms with van der Waals surface area (Å²) in [6.07, 6.45) is 2.20. The van der Waals surface area contributed by atoms with Gasteiger partial charge in [-0.1, -0.05) is 52.3 Å². The summed E-state index contributed by atoms with van der Waals surface area (Å²) in [6.45, 7) is 1.82. The second kappa shape index (κ2) is 5.09. The van der Waals surface area contributed by atoms with Crippen molar-refractivity contribution in [2.24, 2.45) is 5.92 Å². The van der Waals surface area contributed by atoms with Gasteiger partial charge in [0.2, 0.25) is 0 Å². The van der Waals surface area contributed by atoms with Crippen LogP contribution >= 0.6 is 15.9 Å². The normalized spacial score (nSPS) is 16.4. The molecule has 0 bridgehead atoms. The first-order valence-electron chi connectivity index (χ1n) is 6.62. The average molecular weight is 319 g/mol. The first-order chi connectivity index (χ1) is 9.15. The quantitative estimate of drug-likeness (QED) is 0.685. The summed E-state index contributed by atoms with van der Waals surface area (Å²) >= 11 is 3.81. The lowest BCUT2D eigenvalue weighted by molar-refractivity contribution is 0.552. The summed E-state index contributed by atoms with van der Waals surface area (Å²) in [4.78, 5) is 0.291. The highest BCUT2D eigenvalue weighted by molar-refractivity contribution is 9.09. The number of aryl methyl sites for hydroxylation is 1. The van der Waals surface area contributed by atoms with Gasteiger partial charge in [-0.3, -0.25) is 0 Å². The van der Waals surface area contributed by atoms with Gasteiger partial charge in [0, 0.05) is 4.83 Å². The van der Waals surface area contributed by atoms with E-state index >= 15 is 0 Å². The van der Waals surface area contributed by atoms with Crippen molar-refractivity contribution >= 4 is 15.9 Å². The highest BCUT2D eigenvalue weighted by Gasteiger charge is 2.28. The van der Waals surface area contributed by atoms with E-state index in [1.54, 1.807) is 6.07 Å². The van der Waals surface area contributed by atoms with Crippen LogP contribution in [0.3, 0.4) is 0 Å². The van der Waals surface area contributed by atoms with Crippen LogP contribution in [-0.4, -0.2) is 0 Å². The number of hydrogen-bond acceptors (Lipinski definition) is 0. The van der Waals surface area contributed by atoms with Crippen molar-refractivity contribution < 1.29 is 4.39 Å². The zero-order valence-corrected chi connectivity index (χ0v) is 12.5. The summed E-state index contributed by atoms with van der Waals surface area (Å²) in [5.74, 6) is 0.431. The van der Waals surface area contributed by atoms with Crippen molar-refractivity contribution in [3.63, 3.8) is 0 Å². The lowest BCUT2D eigenvalue weighted by Gasteiger charge is -2.18. The minimum Gasteiger partial charge on any atom is -0.207 e. The van der Waals surface area contributed by atoms with Gasteiger partial charge in [0.1, 0.15) is 5.82 Å². The number of halogens is 2. The fourth-order valence-electron chi connectivity index (χ4n) is 2.91. The van der Waals surface area contributed by atoms with Crippen LogP contribution in [-0.2, 0) is 12.8 Å². The third kappa shape index (κ3) is 2.46. The number of fused-ring (bicyclic) bond motifs is 1. The Hall–Kier alpha value is -1.15. The van der Waals surface area contributed by atoms with Gasteiger partial charge in [0.25, 0.3) is 0 Å². The fourth-order valence-corrected chi connectivity index (χ4v) is 3.57. The van der Waals surface area contributed by atoms with E-state index in [4.69, 9.17) is 0 Å². The Morgan fingerprint density at radius 2 is 1.74 bits per heavy atom. The number of hydrogen-bond donors (Lipinski definition) is 0. The van der Waals surface area contributed by atoms with Crippen molar-refractivity contribution in [2.75, 3.05) is 0 Å². The molecule has 0 N–H and O–H groups in total. The van der Waals surface area contributed by atoms with Gasteiger partial charge in [-0.15, -0.1) is 0 Å². The number of benzene rings is 2. The molecular weight excluding hydrogens is 303 g/mol. The fraction of sp³-hybridized carbons (Fsp3) is 0.294. The molecule has 0 aromatic heterocycles. The molecule has 0 spiro atoms. The predicted octanol–water partition coefficient (Wildman–Crippen LogP) is 4.99. The molecule has 1 unspecified atom stereocenters. The first kappa shape index (κ1) is 12.9. The Morgan fingerprint density at radius 1 is 1.11 bits per heavy atom. The Bertz CT molecular complexity index is 581. The molecule has 0 radical (unpaired) electrons. The van der Waals surface area contributed by atoms with Crippen LogP contribution in [0, 0.1) is 18.7 Å². The third-order valence-corrected chi connectivity index (χ3v) is 5.27. The Morgan fingerprint density at radius 3 is 2.32 bits per heavy atom. The smallest absolute Gasteiger partial charge is 0.126 e. The molecule has 1 atom stereocenters. The largest absolute Gasteiger partial charge is 0.207 e. The lowest BCUT2D eigenvalue weighted by Crippen LogP contribution is -2.08. The van der Waals surface area contributed by atoms with Crippen molar-refractivity contribution in [2.45, 2.75) is 24.6 Å². The minimum absolute atomic E-state index is 0.127. The molecule has 2 aromatic rings. The molecule has 1 aliphatic rings. The molecule has 0 aliphatic heterocycles. The second-order valence-electron chi connectivity index (χ2n) is 5.35. The Kier molecular flexibility index (Phi) is 3.44. The molecule has 0 nitrogen and oxygen atoms in total. The van der Waals surface area contributed by atoms with E-state index in [9.17, 15) is 4.39 Å². The summed E-state index contributed by atoms with van der Waals surface area (Å²) in [7, 11) is 0. The van der Waals surface area contributed by atoms with Crippen molar-refractivity contribution in [1.82, 2.24) is 0 Å². The molecule has 2 heteroatoms. The van der Waals surface area contributed by atoms with E-state index in [-0.39, 0.29) is 5.82 Å². The van der Waals surface area contributed by atoms with Crippen molar-refractivity contribution in [3.8, 4) is 0 Å². The van der Waals surface area contributed by atoms with E-state index < -0.39 is 0 Å². The number of alkyl halides is 1. The van der Waals surface area contributed by atoms with Gasteiger partial charge in [0.05, 0.1) is 0 Å². The molecule has 98 valence electrons. The lowest BCUT2D eigenvalue weighted by atomic mass is 9.95. The van der Waals surface area contributed by atoms with Gasteiger partial charge in [-0.25, -0.2) is 4.39 Å². The highest BCUT2D eigenvalue weighted by Crippen LogP contribution is 2.40. The van der Waals surface area contributed by atoms with Gasteiger partial charge in [-0.05, 0) is 54.0 Å². The molecule has 19 heavy (non-hydrogen) atoms. The molecule has 0 saturated carbocycles. The topological polar surface area (TPSA) is 0 Å². The van der Waals surface area contributed by atoms with Crippen LogP contribution in [0.2, 0.25) is 0 Å². The SMILES string of the molecule is Cc1cc(C(Br)C2Cc3ccccc3C2)ccc1F. The molecule has 0 saturated heterocycles. The molecular formula is C17H16BrF. The van der Waals surface area contributed by atoms with Crippen LogP contribution in [0.1, 0.15) is 27.1 Å². The summed E-state index contributed by atoms with van der Waals surface area (Å²) < 4.78 is 13.3. The summed E-state index contributed by atoms with van der Waals surface area (Å²) in [5.41, 5.74) is 4.81. The molecule has 2 aromatic carbocycles. The van der Waals surface area contributed by atoms with Crippen LogP contribution in [0.15, 0.2) is 42.5 Å². The summed E-state index contributed by atoms with van der Waals surface area (Å²) in [5, 5.41) is 0. The monoisotopic (exact) mass is 318 g/mol. The first-order valence-corrected chi connectivity index (χ1v) is 7.53. The maximum Gasteiger partial charge on any atom is 0.126 e. The van der Waals surface area contributed by atoms with Crippen LogP contribution in [0.25, 0.3) is 0 Å². The predicted molar refractivity (Wildman–Crippen MR) is 80.1 cm³/mol. The van der Waals surface area contributed by atoms with Crippen LogP contribution < -0.4 is 0 Å². The van der Waals surface area contributed by atoms with Gasteiger partial charge in [-0.2, -0.15) is 0 Å². The highest BCUT2D eigenvalue weighted by atomic mass is 79.9. The molecule has 0 fully saturated rings. The van der Waals surface area contributed by atoms with E-state index in [0.717, 1.165) is 18.4 Å². The molecule has 0 amide bonds. The zero-order valence-electron chi connectivity index (χ0n) is 10.9. The van der Waals surface area contributed by atoms with Crippen LogP contribution in [0.5, 0.6) is 0 Å². The summed E-state index contributed by atoms with van der Waals surface area (Å²) in [6, 6.07) is 14.1. The van der Waals surface area contributed by atoms with Crippen molar-refractivity contribution in [1.29, 1.82) is 0 Å². The second-order valence-corrected chi connectivity index (χ2v) is 6.33. The van der Waals surface area contributed by atoms with Crippen molar-refractivity contribution in [3.05, 3.63) is 70.5 Å². The van der Waals surface area contributed by atoms with E-state index in [2.05, 4.69) is 40.2 Å². The molecule has 1 aliphatic carbocycles. The average Bonchev–Trinajstić information content (AvgIpc) is 2.85. The maximum atomic E-state index is 13.3. The zero-order chi connectivity index (χ0) is 13.4. The van der Waals surface area contributed by atoms with E-state index in [1.165, 1.54) is 16.7 Å². The van der Waals surface area contributed by atoms with Crippen LogP contribution in [0.4, 0.5) is 4.39 Å². The van der Waals surface area contributed by atoms with E-state index in [1.807, 2.05) is 19.1 Å². The molecule has 0 heterocycles. The Balaban J connectivity index is 1.82. The van der Waals surface area contributed by atoms with E-state index in [0.29, 0.717) is 10.7 Å². The maximum absolute atomic E-state index is 13.3. The Labute approximate surface area is 121 Å². The third-order valence-electron chi connectivity index (χ3n) is 4.00. The number of rotatable bonds is 2. The minimum atomic E-state index is -0.127. The van der Waals surface area contributed by atoms with Gasteiger partial charge >= 0.3 is 0 Å². The molecule has 3 rings (SSSR count). The van der Waals surface area contributed by atoms with Gasteiger partial charge < -0.3 is 0 Å². The standard InChI is InChI=1S/C17H16BrF/c1-11-8-14(6-7-16(11)19)17(18)15-9-12-4-2-3-5-13(12)10-15/h2-8,15,17H,9-10H2,1H3.